The number of methoxy groups -OCH3 is 1. The van der Waals surface area contributed by atoms with Crippen molar-refractivity contribution in [2.45, 2.75) is 6.42 Å². The van der Waals surface area contributed by atoms with Gasteiger partial charge in [0.05, 0.1) is 17.7 Å². The van der Waals surface area contributed by atoms with Crippen LogP contribution in [0.4, 0.5) is 0 Å². The van der Waals surface area contributed by atoms with Crippen molar-refractivity contribution in [2.24, 2.45) is 10.1 Å². The maximum Gasteiger partial charge on any atom is 0.283 e. The van der Waals surface area contributed by atoms with Crippen LogP contribution in [0.3, 0.4) is 0 Å². The van der Waals surface area contributed by atoms with Crippen molar-refractivity contribution >= 4 is 51.4 Å². The summed E-state index contributed by atoms with van der Waals surface area (Å²) in [6.07, 6.45) is 4.15. The third-order valence-corrected chi connectivity index (χ3v) is 7.26. The Labute approximate surface area is 241 Å². The van der Waals surface area contributed by atoms with Gasteiger partial charge in [0.15, 0.2) is 17.3 Å². The first-order chi connectivity index (χ1) is 19.5. The standard InChI is InChI=1S/C30H25ClN4O4S/c1-3-8-20-9-4-7-12-24(20)38-15-16-39-25-14-13-19(18-26(25)37-2)17-22-27(32)35-30(33-28(22)36)40-29(34-35)21-10-5-6-11-23(21)31/h3-7,9-14,17-18,32H,1,8,15-16H2,2H3/b22-17-,32-27?. The summed E-state index contributed by atoms with van der Waals surface area (Å²) < 4.78 is 17.3. The van der Waals surface area contributed by atoms with E-state index in [1.807, 2.05) is 48.5 Å². The molecule has 0 saturated heterocycles. The minimum absolute atomic E-state index is 0.0715. The molecule has 10 heteroatoms. The fraction of sp³-hybridized carbons (Fsp3) is 0.133. The van der Waals surface area contributed by atoms with Gasteiger partial charge in [0, 0.05) is 5.56 Å². The number of hydrazone groups is 1. The number of fused-ring (bicyclic) bond motifs is 1. The lowest BCUT2D eigenvalue weighted by molar-refractivity contribution is -0.114. The highest BCUT2D eigenvalue weighted by atomic mass is 35.5. The molecule has 0 bridgehead atoms. The van der Waals surface area contributed by atoms with Crippen LogP contribution >= 0.6 is 23.4 Å². The van der Waals surface area contributed by atoms with E-state index in [0.29, 0.717) is 51.1 Å². The molecular weight excluding hydrogens is 548 g/mol. The van der Waals surface area contributed by atoms with Gasteiger partial charge < -0.3 is 14.2 Å². The summed E-state index contributed by atoms with van der Waals surface area (Å²) in [5.41, 5.74) is 2.53. The molecule has 2 aliphatic rings. The number of allylic oxidation sites excluding steroid dienone is 1. The number of amides is 1. The van der Waals surface area contributed by atoms with E-state index in [4.69, 9.17) is 31.2 Å². The van der Waals surface area contributed by atoms with E-state index in [9.17, 15) is 4.79 Å². The van der Waals surface area contributed by atoms with Crippen LogP contribution in [0.5, 0.6) is 17.2 Å². The van der Waals surface area contributed by atoms with Gasteiger partial charge in [-0.05, 0) is 59.7 Å². The predicted molar refractivity (Wildman–Crippen MR) is 160 cm³/mol. The number of nitrogens with zero attached hydrogens (tertiary/aromatic N) is 3. The van der Waals surface area contributed by atoms with Crippen LogP contribution in [-0.2, 0) is 11.2 Å². The van der Waals surface area contributed by atoms with Crippen molar-refractivity contribution in [1.82, 2.24) is 5.01 Å². The van der Waals surface area contributed by atoms with E-state index in [-0.39, 0.29) is 11.4 Å². The molecule has 0 saturated carbocycles. The van der Waals surface area contributed by atoms with Crippen LogP contribution in [0.2, 0.25) is 5.02 Å². The number of hydrogen-bond acceptors (Lipinski definition) is 7. The number of thioether (sulfide) groups is 1. The fourth-order valence-corrected chi connectivity index (χ4v) is 5.28. The summed E-state index contributed by atoms with van der Waals surface area (Å²) in [5, 5.41) is 15.9. The topological polar surface area (TPSA) is 96.6 Å². The molecule has 1 amide bonds. The molecule has 2 aliphatic heterocycles. The number of carbonyl (C=O) groups excluding carboxylic acids is 1. The highest BCUT2D eigenvalue weighted by molar-refractivity contribution is 8.27. The maximum absolute atomic E-state index is 12.9. The maximum atomic E-state index is 12.9. The first-order valence-electron chi connectivity index (χ1n) is 12.4. The lowest BCUT2D eigenvalue weighted by Gasteiger charge is -2.20. The summed E-state index contributed by atoms with van der Waals surface area (Å²) in [6, 6.07) is 20.4. The van der Waals surface area contributed by atoms with E-state index in [2.05, 4.69) is 16.7 Å². The van der Waals surface area contributed by atoms with Gasteiger partial charge in [-0.25, -0.2) is 0 Å². The van der Waals surface area contributed by atoms with Gasteiger partial charge in [0.1, 0.15) is 24.0 Å². The number of para-hydroxylation sites is 1. The average Bonchev–Trinajstić information content (AvgIpc) is 3.39. The molecule has 2 heterocycles. The van der Waals surface area contributed by atoms with Gasteiger partial charge in [-0.3, -0.25) is 10.2 Å². The molecule has 5 rings (SSSR count). The van der Waals surface area contributed by atoms with Crippen molar-refractivity contribution in [3.05, 3.63) is 107 Å². The zero-order valence-electron chi connectivity index (χ0n) is 21.6. The number of amidine groups is 2. The van der Waals surface area contributed by atoms with Crippen LogP contribution in [0.15, 0.2) is 95.1 Å². The second kappa shape index (κ2) is 12.2. The van der Waals surface area contributed by atoms with Gasteiger partial charge in [0.25, 0.3) is 5.91 Å². The van der Waals surface area contributed by atoms with Crippen molar-refractivity contribution in [2.75, 3.05) is 20.3 Å². The van der Waals surface area contributed by atoms with Gasteiger partial charge in [-0.15, -0.1) is 6.58 Å². The Bertz CT molecular complexity index is 1580. The van der Waals surface area contributed by atoms with Crippen LogP contribution in [0.1, 0.15) is 16.7 Å². The quantitative estimate of drug-likeness (QED) is 0.176. The number of aliphatic imine (C=N–C) groups is 1. The zero-order valence-corrected chi connectivity index (χ0v) is 23.2. The number of halogens is 1. The molecule has 0 aromatic heterocycles. The Morgan fingerprint density at radius 2 is 1.77 bits per heavy atom. The largest absolute Gasteiger partial charge is 0.493 e. The molecule has 0 unspecified atom stereocenters. The molecule has 1 N–H and O–H groups in total. The summed E-state index contributed by atoms with van der Waals surface area (Å²) >= 11 is 7.51. The number of carbonyl (C=O) groups is 1. The van der Waals surface area contributed by atoms with Crippen molar-refractivity contribution in [3.63, 3.8) is 0 Å². The van der Waals surface area contributed by atoms with Gasteiger partial charge in [-0.1, -0.05) is 60.1 Å². The van der Waals surface area contributed by atoms with Crippen LogP contribution < -0.4 is 14.2 Å². The molecule has 0 aliphatic carbocycles. The monoisotopic (exact) mass is 572 g/mol. The smallest absolute Gasteiger partial charge is 0.283 e. The first-order valence-corrected chi connectivity index (χ1v) is 13.6. The van der Waals surface area contributed by atoms with E-state index < -0.39 is 5.91 Å². The molecule has 202 valence electrons. The molecule has 0 fully saturated rings. The lowest BCUT2D eigenvalue weighted by Crippen LogP contribution is -2.35. The third kappa shape index (κ3) is 5.80. The van der Waals surface area contributed by atoms with Crippen molar-refractivity contribution in [3.8, 4) is 17.2 Å². The van der Waals surface area contributed by atoms with Gasteiger partial charge in [-0.2, -0.15) is 15.1 Å². The fourth-order valence-electron chi connectivity index (χ4n) is 4.07. The molecular formula is C30H25ClN4O4S. The highest BCUT2D eigenvalue weighted by Crippen LogP contribution is 2.34. The average molecular weight is 573 g/mol. The SMILES string of the molecule is C=CCc1ccccc1OCCOc1ccc(/C=C2/C(=N)N3N=C(c4ccccc4Cl)SC3=NC2=O)cc1OC. The summed E-state index contributed by atoms with van der Waals surface area (Å²) in [5.74, 6) is 1.22. The highest BCUT2D eigenvalue weighted by Gasteiger charge is 2.36. The number of ether oxygens (including phenoxy) is 3. The lowest BCUT2D eigenvalue weighted by atomic mass is 10.1. The van der Waals surface area contributed by atoms with E-state index >= 15 is 0 Å². The number of hydrogen-bond donors (Lipinski definition) is 1. The Kier molecular flexibility index (Phi) is 8.33. The van der Waals surface area contributed by atoms with Crippen LogP contribution in [0, 0.1) is 5.41 Å². The predicted octanol–water partition coefficient (Wildman–Crippen LogP) is 6.20. The van der Waals surface area contributed by atoms with E-state index in [1.54, 1.807) is 30.3 Å². The minimum Gasteiger partial charge on any atom is -0.493 e. The number of rotatable bonds is 10. The summed E-state index contributed by atoms with van der Waals surface area (Å²) in [7, 11) is 1.54. The number of nitrogens with one attached hydrogen (secondary N) is 1. The Hall–Kier alpha value is -4.34. The third-order valence-electron chi connectivity index (χ3n) is 5.99. The molecule has 40 heavy (non-hydrogen) atoms. The summed E-state index contributed by atoms with van der Waals surface area (Å²) in [4.78, 5) is 17.0. The van der Waals surface area contributed by atoms with Crippen LogP contribution in [0.25, 0.3) is 6.08 Å². The molecule has 0 spiro atoms. The van der Waals surface area contributed by atoms with Crippen molar-refractivity contribution < 1.29 is 19.0 Å². The van der Waals surface area contributed by atoms with Gasteiger partial charge in [0.2, 0.25) is 5.17 Å². The molecule has 3 aromatic rings. The van der Waals surface area contributed by atoms with Crippen LogP contribution in [-0.4, -0.2) is 47.3 Å². The second-order valence-electron chi connectivity index (χ2n) is 8.61. The van der Waals surface area contributed by atoms with E-state index in [1.165, 1.54) is 23.9 Å². The Morgan fingerprint density at radius 1 is 1.02 bits per heavy atom. The zero-order chi connectivity index (χ0) is 28.1. The Balaban J connectivity index is 1.28. The first kappa shape index (κ1) is 27.2. The Morgan fingerprint density at radius 3 is 2.55 bits per heavy atom. The molecule has 0 radical (unpaired) electrons. The van der Waals surface area contributed by atoms with E-state index in [0.717, 1.165) is 17.7 Å². The van der Waals surface area contributed by atoms with Gasteiger partial charge >= 0.3 is 0 Å². The second-order valence-corrected chi connectivity index (χ2v) is 9.98. The summed E-state index contributed by atoms with van der Waals surface area (Å²) in [6.45, 7) is 4.44. The molecule has 8 nitrogen and oxygen atoms in total. The minimum atomic E-state index is -0.521. The normalized spacial score (nSPS) is 15.4. The molecule has 3 aromatic carbocycles. The van der Waals surface area contributed by atoms with Crippen molar-refractivity contribution in [1.29, 1.82) is 5.41 Å². The molecule has 0 atom stereocenters. The number of benzene rings is 3.